The molecule has 0 aromatic carbocycles. The molecule has 0 radical (unpaired) electrons. The second-order valence-electron chi connectivity index (χ2n) is 2.95. The molecule has 1 aliphatic rings. The Kier molecular flexibility index (Phi) is 1.67. The van der Waals surface area contributed by atoms with Crippen LogP contribution in [0.1, 0.15) is 26.2 Å². The number of hydrogen-bond acceptors (Lipinski definition) is 1. The molecule has 0 saturated heterocycles. The largest absolute Gasteiger partial charge is 0.481 e. The second kappa shape index (κ2) is 2.22. The van der Waals surface area contributed by atoms with E-state index in [2.05, 4.69) is 0 Å². The first-order valence-electron chi connectivity index (χ1n) is 3.49. The Labute approximate surface area is 59.0 Å². The Morgan fingerprint density at radius 3 is 2.60 bits per heavy atom. The summed E-state index contributed by atoms with van der Waals surface area (Å²) in [5.41, 5.74) is -1.16. The van der Waals surface area contributed by atoms with Crippen LogP contribution in [0.3, 0.4) is 0 Å². The number of aliphatic carboxylic acids is 1. The van der Waals surface area contributed by atoms with Gasteiger partial charge in [-0.2, -0.15) is 0 Å². The Morgan fingerprint density at radius 1 is 1.80 bits per heavy atom. The first-order valence-corrected chi connectivity index (χ1v) is 3.49. The van der Waals surface area contributed by atoms with Gasteiger partial charge in [0.1, 0.15) is 5.67 Å². The van der Waals surface area contributed by atoms with Gasteiger partial charge in [0.05, 0.1) is 5.92 Å². The average Bonchev–Trinajstić information content (AvgIpc) is 1.80. The molecule has 0 aromatic heterocycles. The molecule has 0 unspecified atom stereocenters. The minimum Gasteiger partial charge on any atom is -0.481 e. The summed E-state index contributed by atoms with van der Waals surface area (Å²) in [6.45, 7) is 1.75. The van der Waals surface area contributed by atoms with Crippen LogP contribution < -0.4 is 0 Å². The minimum absolute atomic E-state index is 0.207. The fourth-order valence-electron chi connectivity index (χ4n) is 1.29. The summed E-state index contributed by atoms with van der Waals surface area (Å²) < 4.78 is 13.0. The maximum Gasteiger partial charge on any atom is 0.306 e. The predicted octanol–water partition coefficient (Wildman–Crippen LogP) is 1.60. The van der Waals surface area contributed by atoms with Gasteiger partial charge in [0.2, 0.25) is 0 Å². The third kappa shape index (κ3) is 1.13. The number of alkyl halides is 1. The lowest BCUT2D eigenvalue weighted by Crippen LogP contribution is -2.42. The molecule has 10 heavy (non-hydrogen) atoms. The van der Waals surface area contributed by atoms with Crippen molar-refractivity contribution in [3.05, 3.63) is 0 Å². The molecule has 1 rings (SSSR count). The molecule has 1 saturated carbocycles. The normalized spacial score (nSPS) is 38.8. The Balaban J connectivity index is 2.36. The van der Waals surface area contributed by atoms with Gasteiger partial charge >= 0.3 is 5.97 Å². The number of hydrogen-bond donors (Lipinski definition) is 1. The molecule has 0 atom stereocenters. The van der Waals surface area contributed by atoms with Crippen LogP contribution in [0, 0.1) is 5.92 Å². The molecule has 0 spiro atoms. The number of rotatable bonds is 2. The molecule has 2 nitrogen and oxygen atoms in total. The highest BCUT2D eigenvalue weighted by molar-refractivity contribution is 5.71. The zero-order valence-electron chi connectivity index (χ0n) is 5.93. The molecular weight excluding hydrogens is 135 g/mol. The van der Waals surface area contributed by atoms with Gasteiger partial charge < -0.3 is 5.11 Å². The van der Waals surface area contributed by atoms with E-state index in [4.69, 9.17) is 5.11 Å². The molecule has 58 valence electrons. The second-order valence-corrected chi connectivity index (χ2v) is 2.95. The highest BCUT2D eigenvalue weighted by atomic mass is 19.1. The van der Waals surface area contributed by atoms with Crippen molar-refractivity contribution in [2.75, 3.05) is 0 Å². The van der Waals surface area contributed by atoms with Crippen LogP contribution in [-0.4, -0.2) is 16.7 Å². The van der Waals surface area contributed by atoms with Crippen molar-refractivity contribution in [2.45, 2.75) is 31.9 Å². The minimum atomic E-state index is -1.16. The lowest BCUT2D eigenvalue weighted by atomic mass is 9.71. The van der Waals surface area contributed by atoms with Gasteiger partial charge in [-0.15, -0.1) is 0 Å². The van der Waals surface area contributed by atoms with E-state index >= 15 is 0 Å². The third-order valence-electron chi connectivity index (χ3n) is 2.21. The van der Waals surface area contributed by atoms with Gasteiger partial charge in [0.15, 0.2) is 0 Å². The molecule has 1 fully saturated rings. The maximum absolute atomic E-state index is 13.0. The molecule has 0 aliphatic heterocycles. The molecule has 0 aromatic rings. The van der Waals surface area contributed by atoms with Gasteiger partial charge in [-0.3, -0.25) is 4.79 Å². The fraction of sp³-hybridized carbons (Fsp3) is 0.857. The number of halogens is 1. The van der Waals surface area contributed by atoms with Gasteiger partial charge in [-0.1, -0.05) is 6.92 Å². The summed E-state index contributed by atoms with van der Waals surface area (Å²) in [6.07, 6.45) is 0.856. The Hall–Kier alpha value is -0.600. The van der Waals surface area contributed by atoms with Crippen molar-refractivity contribution in [1.29, 1.82) is 0 Å². The summed E-state index contributed by atoms with van der Waals surface area (Å²) in [5.74, 6) is -1.29. The Morgan fingerprint density at radius 2 is 2.30 bits per heavy atom. The summed E-state index contributed by atoms with van der Waals surface area (Å²) in [4.78, 5) is 10.2. The van der Waals surface area contributed by atoms with E-state index in [1.54, 1.807) is 6.92 Å². The Bertz CT molecular complexity index is 150. The zero-order chi connectivity index (χ0) is 7.78. The number of carboxylic acid groups (broad SMARTS) is 1. The predicted molar refractivity (Wildman–Crippen MR) is 34.5 cm³/mol. The van der Waals surface area contributed by atoms with Crippen molar-refractivity contribution >= 4 is 5.97 Å². The number of carboxylic acids is 1. The van der Waals surface area contributed by atoms with E-state index in [0.717, 1.165) is 0 Å². The van der Waals surface area contributed by atoms with Crippen LogP contribution in [0.2, 0.25) is 0 Å². The van der Waals surface area contributed by atoms with Crippen molar-refractivity contribution in [3.63, 3.8) is 0 Å². The molecular formula is C7H11FO2. The monoisotopic (exact) mass is 146 g/mol. The van der Waals surface area contributed by atoms with Crippen molar-refractivity contribution in [1.82, 2.24) is 0 Å². The van der Waals surface area contributed by atoms with Gasteiger partial charge in [0.25, 0.3) is 0 Å². The molecule has 3 heteroatoms. The highest BCUT2D eigenvalue weighted by Crippen LogP contribution is 2.43. The van der Waals surface area contributed by atoms with Crippen LogP contribution in [-0.2, 0) is 4.79 Å². The third-order valence-corrected chi connectivity index (χ3v) is 2.21. The summed E-state index contributed by atoms with van der Waals surface area (Å²) >= 11 is 0. The van der Waals surface area contributed by atoms with Crippen LogP contribution in [0.15, 0.2) is 0 Å². The van der Waals surface area contributed by atoms with Crippen LogP contribution in [0.4, 0.5) is 4.39 Å². The lowest BCUT2D eigenvalue weighted by Gasteiger charge is -2.38. The topological polar surface area (TPSA) is 37.3 Å². The summed E-state index contributed by atoms with van der Waals surface area (Å²) in [6, 6.07) is 0. The van der Waals surface area contributed by atoms with Crippen molar-refractivity contribution in [3.8, 4) is 0 Å². The van der Waals surface area contributed by atoms with Crippen LogP contribution in [0.25, 0.3) is 0 Å². The number of carbonyl (C=O) groups is 1. The van der Waals surface area contributed by atoms with Gasteiger partial charge in [-0.05, 0) is 19.3 Å². The van der Waals surface area contributed by atoms with E-state index in [1.807, 2.05) is 0 Å². The quantitative estimate of drug-likeness (QED) is 0.642. The lowest BCUT2D eigenvalue weighted by molar-refractivity contribution is -0.151. The van der Waals surface area contributed by atoms with E-state index < -0.39 is 17.6 Å². The van der Waals surface area contributed by atoms with E-state index in [9.17, 15) is 9.18 Å². The van der Waals surface area contributed by atoms with E-state index in [0.29, 0.717) is 6.42 Å². The summed E-state index contributed by atoms with van der Waals surface area (Å²) in [5, 5.41) is 8.39. The first-order chi connectivity index (χ1) is 4.57. The molecule has 1 N–H and O–H groups in total. The van der Waals surface area contributed by atoms with Gasteiger partial charge in [0, 0.05) is 0 Å². The molecule has 0 bridgehead atoms. The van der Waals surface area contributed by atoms with Crippen molar-refractivity contribution < 1.29 is 14.3 Å². The first kappa shape index (κ1) is 7.51. The smallest absolute Gasteiger partial charge is 0.306 e. The fourth-order valence-corrected chi connectivity index (χ4v) is 1.29. The van der Waals surface area contributed by atoms with Crippen LogP contribution in [0.5, 0.6) is 0 Å². The SMILES string of the molecule is CCC1(F)CC(C(=O)O)C1. The van der Waals surface area contributed by atoms with E-state index in [1.165, 1.54) is 0 Å². The van der Waals surface area contributed by atoms with Gasteiger partial charge in [-0.25, -0.2) is 4.39 Å². The van der Waals surface area contributed by atoms with Crippen molar-refractivity contribution in [2.24, 2.45) is 5.92 Å². The highest BCUT2D eigenvalue weighted by Gasteiger charge is 2.46. The summed E-state index contributed by atoms with van der Waals surface area (Å²) in [7, 11) is 0. The molecule has 0 amide bonds. The van der Waals surface area contributed by atoms with Crippen LogP contribution >= 0.6 is 0 Å². The van der Waals surface area contributed by atoms with E-state index in [-0.39, 0.29) is 12.8 Å². The zero-order valence-corrected chi connectivity index (χ0v) is 5.93. The molecule has 0 heterocycles. The standard InChI is InChI=1S/C7H11FO2/c1-2-7(8)3-5(4-7)6(9)10/h5H,2-4H2,1H3,(H,9,10). The molecule has 1 aliphatic carbocycles. The average molecular weight is 146 g/mol. The maximum atomic E-state index is 13.0.